The van der Waals surface area contributed by atoms with Crippen molar-refractivity contribution in [2.24, 2.45) is 28.6 Å². The molecule has 2 saturated carbocycles. The number of ether oxygens (including phenoxy) is 1. The summed E-state index contributed by atoms with van der Waals surface area (Å²) in [5.41, 5.74) is 1.08. The summed E-state index contributed by atoms with van der Waals surface area (Å²) in [5.74, 6) is 1.80. The van der Waals surface area contributed by atoms with Crippen LogP contribution in [0.2, 0.25) is 0 Å². The fourth-order valence-corrected chi connectivity index (χ4v) is 6.41. The van der Waals surface area contributed by atoms with Crippen LogP contribution in [0.4, 0.5) is 0 Å². The Morgan fingerprint density at radius 2 is 2.07 bits per heavy atom. The molecule has 1 heterocycles. The molecule has 2 aliphatic carbocycles. The van der Waals surface area contributed by atoms with Crippen molar-refractivity contribution in [3.63, 3.8) is 0 Å². The van der Waals surface area contributed by atoms with E-state index < -0.39 is 0 Å². The number of hydrogen-bond donors (Lipinski definition) is 2. The van der Waals surface area contributed by atoms with E-state index in [0.29, 0.717) is 36.5 Å². The summed E-state index contributed by atoms with van der Waals surface area (Å²) in [4.78, 5) is 12.7. The first kappa shape index (κ1) is 18.8. The van der Waals surface area contributed by atoms with E-state index in [2.05, 4.69) is 33.0 Å². The number of rotatable bonds is 4. The number of aromatic hydroxyl groups is 1. The minimum atomic E-state index is -0.0782. The van der Waals surface area contributed by atoms with Crippen LogP contribution >= 0.6 is 0 Å². The highest BCUT2D eigenvalue weighted by molar-refractivity contribution is 5.76. The zero-order valence-electron chi connectivity index (χ0n) is 17.0. The summed E-state index contributed by atoms with van der Waals surface area (Å²) < 4.78 is 6.22. The zero-order chi connectivity index (χ0) is 19.4. The molecular formula is C23H33NO3. The number of benzene rings is 1. The number of phenolic OH excluding ortho intramolecular Hbond substituents is 1. The molecule has 4 nitrogen and oxygen atoms in total. The lowest BCUT2D eigenvalue weighted by Gasteiger charge is -2.53. The van der Waals surface area contributed by atoms with Gasteiger partial charge in [0.1, 0.15) is 5.75 Å². The van der Waals surface area contributed by atoms with Crippen LogP contribution in [-0.2, 0) is 9.53 Å². The lowest BCUT2D eigenvalue weighted by Crippen LogP contribution is -2.59. The minimum Gasteiger partial charge on any atom is -0.508 e. The molecule has 4 rings (SSSR count). The molecule has 1 amide bonds. The van der Waals surface area contributed by atoms with E-state index in [1.165, 1.54) is 0 Å². The maximum atomic E-state index is 12.7. The Balaban J connectivity index is 1.66. The van der Waals surface area contributed by atoms with Crippen LogP contribution in [0.15, 0.2) is 24.3 Å². The predicted octanol–water partition coefficient (Wildman–Crippen LogP) is 4.44. The average molecular weight is 372 g/mol. The molecule has 27 heavy (non-hydrogen) atoms. The van der Waals surface area contributed by atoms with Crippen molar-refractivity contribution in [1.82, 2.24) is 5.32 Å². The predicted molar refractivity (Wildman–Crippen MR) is 105 cm³/mol. The molecule has 1 aromatic rings. The maximum Gasteiger partial charge on any atom is 0.220 e. The van der Waals surface area contributed by atoms with Gasteiger partial charge < -0.3 is 15.2 Å². The van der Waals surface area contributed by atoms with Gasteiger partial charge in [0.25, 0.3) is 0 Å². The van der Waals surface area contributed by atoms with Crippen LogP contribution in [0.3, 0.4) is 0 Å². The lowest BCUT2D eigenvalue weighted by atomic mass is 9.58. The van der Waals surface area contributed by atoms with Gasteiger partial charge in [-0.1, -0.05) is 45.9 Å². The molecule has 1 spiro atoms. The Hall–Kier alpha value is -1.55. The SMILES string of the molecule is CC(C)CC(=O)N[C@H]1C(C)(C)[C@@H]2C[C@@H]3[C@@H](c4ccccc4O)OCC[C@@]31C2. The average Bonchev–Trinajstić information content (AvgIpc) is 3.08. The van der Waals surface area contributed by atoms with Crippen LogP contribution in [0.25, 0.3) is 0 Å². The van der Waals surface area contributed by atoms with Gasteiger partial charge in [0.2, 0.25) is 5.91 Å². The molecule has 4 heteroatoms. The second-order valence-corrected chi connectivity index (χ2v) is 10.00. The van der Waals surface area contributed by atoms with Crippen molar-refractivity contribution in [2.45, 2.75) is 65.5 Å². The van der Waals surface area contributed by atoms with E-state index >= 15 is 0 Å². The number of fused-ring (bicyclic) bond motifs is 1. The molecule has 148 valence electrons. The smallest absolute Gasteiger partial charge is 0.220 e. The van der Waals surface area contributed by atoms with E-state index in [1.54, 1.807) is 6.07 Å². The third-order valence-corrected chi connectivity index (χ3v) is 7.65. The molecule has 1 aliphatic heterocycles. The highest BCUT2D eigenvalue weighted by atomic mass is 16.5. The van der Waals surface area contributed by atoms with E-state index in [9.17, 15) is 9.90 Å². The normalized spacial score (nSPS) is 36.6. The van der Waals surface area contributed by atoms with Crippen LogP contribution in [0, 0.1) is 28.6 Å². The Morgan fingerprint density at radius 1 is 1.33 bits per heavy atom. The first-order valence-corrected chi connectivity index (χ1v) is 10.4. The van der Waals surface area contributed by atoms with Gasteiger partial charge in [-0.15, -0.1) is 0 Å². The number of carbonyl (C=O) groups is 1. The van der Waals surface area contributed by atoms with Gasteiger partial charge in [0, 0.05) is 24.6 Å². The number of phenols is 1. The van der Waals surface area contributed by atoms with E-state index in [-0.39, 0.29) is 28.9 Å². The summed E-state index contributed by atoms with van der Waals surface area (Å²) in [6, 6.07) is 7.74. The van der Waals surface area contributed by atoms with E-state index in [1.807, 2.05) is 18.2 Å². The topological polar surface area (TPSA) is 58.6 Å². The van der Waals surface area contributed by atoms with Gasteiger partial charge in [-0.05, 0) is 53.9 Å². The molecule has 5 atom stereocenters. The fraction of sp³-hybridized carbons (Fsp3) is 0.696. The molecule has 0 unspecified atom stereocenters. The number of carbonyl (C=O) groups excluding carboxylic acids is 1. The Kier molecular flexibility index (Phi) is 4.53. The third-order valence-electron chi connectivity index (χ3n) is 7.65. The molecule has 2 N–H and O–H groups in total. The van der Waals surface area contributed by atoms with Crippen molar-refractivity contribution in [3.05, 3.63) is 29.8 Å². The molecule has 3 fully saturated rings. The van der Waals surface area contributed by atoms with Gasteiger partial charge in [-0.25, -0.2) is 0 Å². The highest BCUT2D eigenvalue weighted by Crippen LogP contribution is 2.70. The van der Waals surface area contributed by atoms with E-state index in [4.69, 9.17) is 4.74 Å². The Morgan fingerprint density at radius 3 is 2.78 bits per heavy atom. The van der Waals surface area contributed by atoms with Crippen molar-refractivity contribution in [2.75, 3.05) is 6.61 Å². The molecule has 3 aliphatic rings. The Labute approximate surface area is 162 Å². The molecular weight excluding hydrogens is 338 g/mol. The monoisotopic (exact) mass is 371 g/mol. The largest absolute Gasteiger partial charge is 0.508 e. The van der Waals surface area contributed by atoms with Gasteiger partial charge in [0.15, 0.2) is 0 Å². The molecule has 0 radical (unpaired) electrons. The standard InChI is InChI=1S/C23H33NO3/c1-14(2)11-19(26)24-21-22(3,4)15-12-17-20(16-7-5-6-8-18(16)25)27-10-9-23(17,21)13-15/h5-8,14-15,17,20-21,25H,9-13H2,1-4H3,(H,24,26)/t15-,17-,20-,21+,23-/m1/s1. The summed E-state index contributed by atoms with van der Waals surface area (Å²) in [6.07, 6.45) is 3.77. The number of para-hydroxylation sites is 1. The van der Waals surface area contributed by atoms with Crippen molar-refractivity contribution >= 4 is 5.91 Å². The zero-order valence-corrected chi connectivity index (χ0v) is 17.0. The molecule has 1 aromatic carbocycles. The quantitative estimate of drug-likeness (QED) is 0.823. The summed E-state index contributed by atoms with van der Waals surface area (Å²) in [6.45, 7) is 9.53. The minimum absolute atomic E-state index is 0.0754. The lowest BCUT2D eigenvalue weighted by molar-refractivity contribution is -0.138. The second kappa shape index (κ2) is 6.51. The van der Waals surface area contributed by atoms with Crippen molar-refractivity contribution < 1.29 is 14.6 Å². The van der Waals surface area contributed by atoms with E-state index in [0.717, 1.165) is 24.8 Å². The third kappa shape index (κ3) is 2.88. The Bertz CT molecular complexity index is 728. The van der Waals surface area contributed by atoms with Crippen molar-refractivity contribution in [1.29, 1.82) is 0 Å². The summed E-state index contributed by atoms with van der Waals surface area (Å²) >= 11 is 0. The molecule has 2 bridgehead atoms. The number of nitrogens with one attached hydrogen (secondary N) is 1. The van der Waals surface area contributed by atoms with Crippen LogP contribution in [0.1, 0.15) is 65.0 Å². The fourth-order valence-electron chi connectivity index (χ4n) is 6.41. The number of hydrogen-bond acceptors (Lipinski definition) is 3. The first-order chi connectivity index (χ1) is 12.8. The van der Waals surface area contributed by atoms with Crippen LogP contribution in [0.5, 0.6) is 5.75 Å². The van der Waals surface area contributed by atoms with Gasteiger partial charge >= 0.3 is 0 Å². The first-order valence-electron chi connectivity index (χ1n) is 10.4. The van der Waals surface area contributed by atoms with Crippen LogP contribution < -0.4 is 5.32 Å². The van der Waals surface area contributed by atoms with Crippen LogP contribution in [-0.4, -0.2) is 23.7 Å². The molecule has 1 saturated heterocycles. The summed E-state index contributed by atoms with van der Waals surface area (Å²) in [7, 11) is 0. The van der Waals surface area contributed by atoms with Gasteiger partial charge in [-0.2, -0.15) is 0 Å². The maximum absolute atomic E-state index is 12.7. The van der Waals surface area contributed by atoms with Crippen molar-refractivity contribution in [3.8, 4) is 5.75 Å². The van der Waals surface area contributed by atoms with Gasteiger partial charge in [-0.3, -0.25) is 4.79 Å². The second-order valence-electron chi connectivity index (χ2n) is 10.00. The summed E-state index contributed by atoms with van der Waals surface area (Å²) in [5, 5.41) is 13.9. The number of amides is 1. The van der Waals surface area contributed by atoms with Gasteiger partial charge in [0.05, 0.1) is 6.10 Å². The molecule has 0 aromatic heterocycles. The highest BCUT2D eigenvalue weighted by Gasteiger charge is 2.68.